The molecule has 8 nitrogen and oxygen atoms in total. The van der Waals surface area contributed by atoms with Gasteiger partial charge < -0.3 is 9.47 Å². The summed E-state index contributed by atoms with van der Waals surface area (Å²) in [4.78, 5) is 35.8. The zero-order chi connectivity index (χ0) is 20.7. The summed E-state index contributed by atoms with van der Waals surface area (Å²) in [5.41, 5.74) is 2.87. The standard InChI is InChI=1S/C21H19FN6O2/c22-15-5-3-14(4-6-15)17-10-19-24-18-12-27(11-16(18)21(30)28(19)25-17)20(29)2-1-8-26-9-7-23-13-26/h3-7,9-10,13,25H,1-2,8,11-12H2. The average Bonchev–Trinajstić information content (AvgIpc) is 3.48. The third-order valence-corrected chi connectivity index (χ3v) is 5.36. The van der Waals surface area contributed by atoms with E-state index in [1.54, 1.807) is 35.6 Å². The number of fused-ring (bicyclic) bond motifs is 2. The van der Waals surface area contributed by atoms with Gasteiger partial charge in [0.2, 0.25) is 5.91 Å². The molecule has 1 aromatic carbocycles. The quantitative estimate of drug-likeness (QED) is 0.551. The monoisotopic (exact) mass is 406 g/mol. The summed E-state index contributed by atoms with van der Waals surface area (Å²) in [5, 5.41) is 3.03. The minimum Gasteiger partial charge on any atom is -0.337 e. The fourth-order valence-electron chi connectivity index (χ4n) is 3.77. The van der Waals surface area contributed by atoms with Crippen LogP contribution in [0.15, 0.2) is 53.8 Å². The van der Waals surface area contributed by atoms with E-state index in [1.807, 2.05) is 10.8 Å². The van der Waals surface area contributed by atoms with Gasteiger partial charge in [-0.25, -0.2) is 18.9 Å². The lowest BCUT2D eigenvalue weighted by Gasteiger charge is -2.14. The number of rotatable bonds is 5. The predicted molar refractivity (Wildman–Crippen MR) is 107 cm³/mol. The van der Waals surface area contributed by atoms with Crippen molar-refractivity contribution >= 4 is 11.6 Å². The molecule has 1 amide bonds. The van der Waals surface area contributed by atoms with Crippen molar-refractivity contribution in [2.75, 3.05) is 0 Å². The van der Waals surface area contributed by atoms with Crippen LogP contribution in [0.1, 0.15) is 24.1 Å². The van der Waals surface area contributed by atoms with Gasteiger partial charge in [-0.3, -0.25) is 14.7 Å². The molecule has 5 rings (SSSR count). The van der Waals surface area contributed by atoms with Gasteiger partial charge in [0.1, 0.15) is 5.82 Å². The highest BCUT2D eigenvalue weighted by Gasteiger charge is 2.28. The van der Waals surface area contributed by atoms with Crippen LogP contribution in [-0.4, -0.2) is 35.0 Å². The van der Waals surface area contributed by atoms with Crippen LogP contribution in [0, 0.1) is 5.82 Å². The normalized spacial score (nSPS) is 13.2. The van der Waals surface area contributed by atoms with Gasteiger partial charge in [0, 0.05) is 31.4 Å². The molecule has 152 valence electrons. The van der Waals surface area contributed by atoms with Crippen molar-refractivity contribution in [1.29, 1.82) is 0 Å². The van der Waals surface area contributed by atoms with E-state index in [2.05, 4.69) is 15.1 Å². The number of aromatic nitrogens is 5. The Balaban J connectivity index is 1.33. The molecule has 3 aromatic heterocycles. The van der Waals surface area contributed by atoms with Gasteiger partial charge in [0.05, 0.1) is 36.4 Å². The molecule has 1 aliphatic rings. The van der Waals surface area contributed by atoms with Gasteiger partial charge in [-0.15, -0.1) is 0 Å². The lowest BCUT2D eigenvalue weighted by atomic mass is 10.1. The molecule has 0 bridgehead atoms. The number of nitrogens with one attached hydrogen (secondary N) is 1. The lowest BCUT2D eigenvalue weighted by molar-refractivity contribution is -0.132. The van der Waals surface area contributed by atoms with Crippen molar-refractivity contribution in [1.82, 2.24) is 29.0 Å². The van der Waals surface area contributed by atoms with Crippen LogP contribution in [-0.2, 0) is 24.4 Å². The molecule has 4 heterocycles. The molecule has 0 unspecified atom stereocenters. The first-order valence-corrected chi connectivity index (χ1v) is 9.71. The molecule has 0 spiro atoms. The van der Waals surface area contributed by atoms with E-state index in [0.29, 0.717) is 42.0 Å². The number of imidazole rings is 1. The summed E-state index contributed by atoms with van der Waals surface area (Å²) in [7, 11) is 0. The third-order valence-electron chi connectivity index (χ3n) is 5.36. The summed E-state index contributed by atoms with van der Waals surface area (Å²) in [6.45, 7) is 1.32. The maximum absolute atomic E-state index is 13.2. The van der Waals surface area contributed by atoms with E-state index in [9.17, 15) is 14.0 Å². The Kier molecular flexibility index (Phi) is 4.42. The Bertz CT molecular complexity index is 1270. The zero-order valence-electron chi connectivity index (χ0n) is 16.1. The van der Waals surface area contributed by atoms with E-state index in [0.717, 1.165) is 12.1 Å². The van der Waals surface area contributed by atoms with E-state index >= 15 is 0 Å². The number of aryl methyl sites for hydroxylation is 1. The predicted octanol–water partition coefficient (Wildman–Crippen LogP) is 2.35. The molecule has 0 radical (unpaired) electrons. The highest BCUT2D eigenvalue weighted by atomic mass is 19.1. The Morgan fingerprint density at radius 2 is 2.03 bits per heavy atom. The van der Waals surface area contributed by atoms with E-state index in [-0.39, 0.29) is 23.8 Å². The SMILES string of the molecule is O=C(CCCn1ccnc1)N1Cc2nc3cc(-c4ccc(F)cc4)[nH]n3c(=O)c2C1. The number of halogens is 1. The highest BCUT2D eigenvalue weighted by Crippen LogP contribution is 2.23. The minimum atomic E-state index is -0.320. The summed E-state index contributed by atoms with van der Waals surface area (Å²) < 4.78 is 16.5. The molecule has 0 atom stereocenters. The molecule has 1 N–H and O–H groups in total. The molecule has 0 saturated carbocycles. The van der Waals surface area contributed by atoms with Crippen LogP contribution >= 0.6 is 0 Å². The molecular formula is C21H19FN6O2. The minimum absolute atomic E-state index is 0.00757. The highest BCUT2D eigenvalue weighted by molar-refractivity contribution is 5.77. The van der Waals surface area contributed by atoms with Crippen molar-refractivity contribution in [3.63, 3.8) is 0 Å². The topological polar surface area (TPSA) is 88.3 Å². The Hall–Kier alpha value is -3.75. The van der Waals surface area contributed by atoms with Gasteiger partial charge in [-0.1, -0.05) is 0 Å². The Labute approximate surface area is 170 Å². The largest absolute Gasteiger partial charge is 0.337 e. The number of hydrogen-bond donors (Lipinski definition) is 1. The number of benzene rings is 1. The van der Waals surface area contributed by atoms with Crippen LogP contribution in [0.4, 0.5) is 4.39 Å². The fraction of sp³-hybridized carbons (Fsp3) is 0.238. The molecule has 0 fully saturated rings. The molecule has 0 saturated heterocycles. The van der Waals surface area contributed by atoms with Gasteiger partial charge in [-0.2, -0.15) is 0 Å². The van der Waals surface area contributed by atoms with Crippen LogP contribution in [0.2, 0.25) is 0 Å². The first-order chi connectivity index (χ1) is 14.6. The van der Waals surface area contributed by atoms with E-state index < -0.39 is 0 Å². The molecule has 0 aliphatic carbocycles. The maximum Gasteiger partial charge on any atom is 0.278 e. The summed E-state index contributed by atoms with van der Waals surface area (Å²) in [6, 6.07) is 7.77. The van der Waals surface area contributed by atoms with Crippen LogP contribution < -0.4 is 5.56 Å². The van der Waals surface area contributed by atoms with Crippen molar-refractivity contribution in [2.45, 2.75) is 32.5 Å². The second-order valence-electron chi connectivity index (χ2n) is 7.37. The zero-order valence-corrected chi connectivity index (χ0v) is 16.1. The van der Waals surface area contributed by atoms with Gasteiger partial charge in [-0.05, 0) is 36.2 Å². The first kappa shape index (κ1) is 18.3. The molecule has 30 heavy (non-hydrogen) atoms. The fourth-order valence-corrected chi connectivity index (χ4v) is 3.77. The molecule has 1 aliphatic heterocycles. The Morgan fingerprint density at radius 1 is 1.20 bits per heavy atom. The van der Waals surface area contributed by atoms with Crippen LogP contribution in [0.25, 0.3) is 16.9 Å². The van der Waals surface area contributed by atoms with E-state index in [4.69, 9.17) is 0 Å². The summed E-state index contributed by atoms with van der Waals surface area (Å²) >= 11 is 0. The number of amides is 1. The third kappa shape index (κ3) is 3.28. The van der Waals surface area contributed by atoms with Gasteiger partial charge in [0.15, 0.2) is 5.65 Å². The molecule has 4 aromatic rings. The Morgan fingerprint density at radius 3 is 2.80 bits per heavy atom. The smallest absolute Gasteiger partial charge is 0.278 e. The molecular weight excluding hydrogens is 387 g/mol. The molecule has 9 heteroatoms. The number of hydrogen-bond acceptors (Lipinski definition) is 4. The second-order valence-corrected chi connectivity index (χ2v) is 7.37. The lowest BCUT2D eigenvalue weighted by Crippen LogP contribution is -2.26. The maximum atomic E-state index is 13.2. The van der Waals surface area contributed by atoms with Crippen molar-refractivity contribution in [3.05, 3.63) is 76.5 Å². The first-order valence-electron chi connectivity index (χ1n) is 9.71. The second kappa shape index (κ2) is 7.25. The summed E-state index contributed by atoms with van der Waals surface area (Å²) in [5.74, 6) is -0.313. The van der Waals surface area contributed by atoms with E-state index in [1.165, 1.54) is 16.6 Å². The average molecular weight is 406 g/mol. The van der Waals surface area contributed by atoms with Gasteiger partial charge in [0.25, 0.3) is 5.56 Å². The number of H-pyrrole nitrogens is 1. The summed E-state index contributed by atoms with van der Waals surface area (Å²) in [6.07, 6.45) is 6.41. The number of aromatic amines is 1. The van der Waals surface area contributed by atoms with Crippen molar-refractivity contribution in [2.24, 2.45) is 0 Å². The van der Waals surface area contributed by atoms with Crippen LogP contribution in [0.5, 0.6) is 0 Å². The van der Waals surface area contributed by atoms with Crippen molar-refractivity contribution in [3.8, 4) is 11.3 Å². The van der Waals surface area contributed by atoms with Crippen molar-refractivity contribution < 1.29 is 9.18 Å². The number of carbonyl (C=O) groups is 1. The van der Waals surface area contributed by atoms with Crippen LogP contribution in [0.3, 0.4) is 0 Å². The number of nitrogens with zero attached hydrogens (tertiary/aromatic N) is 5. The number of carbonyl (C=O) groups excluding carboxylic acids is 1. The van der Waals surface area contributed by atoms with Gasteiger partial charge >= 0.3 is 0 Å².